The van der Waals surface area contributed by atoms with E-state index < -0.39 is 0 Å². The van der Waals surface area contributed by atoms with Crippen LogP contribution in [0.3, 0.4) is 0 Å². The highest BCUT2D eigenvalue weighted by atomic mass is 15.3. The van der Waals surface area contributed by atoms with E-state index in [0.29, 0.717) is 23.6 Å². The van der Waals surface area contributed by atoms with Crippen molar-refractivity contribution in [2.75, 3.05) is 23.3 Å². The number of hydrogen-bond donors (Lipinski definition) is 1. The molecule has 7 heteroatoms. The zero-order chi connectivity index (χ0) is 15.6. The van der Waals surface area contributed by atoms with E-state index in [2.05, 4.69) is 36.2 Å². The zero-order valence-electron chi connectivity index (χ0n) is 12.7. The summed E-state index contributed by atoms with van der Waals surface area (Å²) in [6, 6.07) is 5.89. The zero-order valence-corrected chi connectivity index (χ0v) is 12.7. The predicted octanol–water partition coefficient (Wildman–Crippen LogP) is 1.71. The highest BCUT2D eigenvalue weighted by Gasteiger charge is 2.28. The molecule has 116 valence electrons. The minimum atomic E-state index is 0.297. The van der Waals surface area contributed by atoms with Crippen molar-refractivity contribution < 1.29 is 0 Å². The maximum Gasteiger partial charge on any atom is 0.226 e. The van der Waals surface area contributed by atoms with Crippen molar-refractivity contribution in [2.45, 2.75) is 31.2 Å². The molecule has 0 amide bonds. The van der Waals surface area contributed by atoms with E-state index in [9.17, 15) is 0 Å². The van der Waals surface area contributed by atoms with Crippen LogP contribution < -0.4 is 10.2 Å². The van der Waals surface area contributed by atoms with Crippen LogP contribution in [0, 0.1) is 11.3 Å². The van der Waals surface area contributed by atoms with Gasteiger partial charge in [0.25, 0.3) is 0 Å². The van der Waals surface area contributed by atoms with E-state index in [1.807, 2.05) is 12.3 Å². The molecule has 1 unspecified atom stereocenters. The maximum absolute atomic E-state index is 8.94. The summed E-state index contributed by atoms with van der Waals surface area (Å²) in [5, 5.41) is 12.4. The second-order valence-electron chi connectivity index (χ2n) is 6.00. The van der Waals surface area contributed by atoms with Gasteiger partial charge in [0.2, 0.25) is 5.95 Å². The monoisotopic (exact) mass is 307 g/mol. The van der Waals surface area contributed by atoms with E-state index in [-0.39, 0.29) is 0 Å². The quantitative estimate of drug-likeness (QED) is 0.919. The molecule has 0 bridgehead atoms. The van der Waals surface area contributed by atoms with Crippen LogP contribution in [0.15, 0.2) is 24.5 Å². The SMILES string of the molecule is N#Cc1ccnc(N2CCC(Nc3ccnc(C4CC4)n3)C2)n1. The Kier molecular flexibility index (Phi) is 3.50. The molecule has 7 nitrogen and oxygen atoms in total. The normalized spacial score (nSPS) is 20.3. The van der Waals surface area contributed by atoms with Crippen LogP contribution in [-0.2, 0) is 0 Å². The van der Waals surface area contributed by atoms with Crippen molar-refractivity contribution in [1.29, 1.82) is 5.26 Å². The van der Waals surface area contributed by atoms with Gasteiger partial charge < -0.3 is 10.2 Å². The third-order valence-corrected chi connectivity index (χ3v) is 4.20. The van der Waals surface area contributed by atoms with Crippen LogP contribution in [0.2, 0.25) is 0 Å². The lowest BCUT2D eigenvalue weighted by atomic mass is 10.2. The second-order valence-corrected chi connectivity index (χ2v) is 6.00. The van der Waals surface area contributed by atoms with E-state index >= 15 is 0 Å². The van der Waals surface area contributed by atoms with Crippen LogP contribution in [0.5, 0.6) is 0 Å². The predicted molar refractivity (Wildman–Crippen MR) is 85.0 cm³/mol. The molecule has 1 saturated carbocycles. The Labute approximate surface area is 134 Å². The van der Waals surface area contributed by atoms with Gasteiger partial charge in [0.1, 0.15) is 23.4 Å². The van der Waals surface area contributed by atoms with Crippen LogP contribution in [0.25, 0.3) is 0 Å². The lowest BCUT2D eigenvalue weighted by molar-refractivity contribution is 0.791. The van der Waals surface area contributed by atoms with Crippen LogP contribution >= 0.6 is 0 Å². The first-order chi connectivity index (χ1) is 11.3. The van der Waals surface area contributed by atoms with Gasteiger partial charge in [-0.25, -0.2) is 19.9 Å². The molecule has 1 saturated heterocycles. The highest BCUT2D eigenvalue weighted by Crippen LogP contribution is 2.38. The average Bonchev–Trinajstić information content (AvgIpc) is 3.35. The Morgan fingerprint density at radius 1 is 1.13 bits per heavy atom. The van der Waals surface area contributed by atoms with Crippen molar-refractivity contribution in [3.63, 3.8) is 0 Å². The summed E-state index contributed by atoms with van der Waals surface area (Å²) >= 11 is 0. The van der Waals surface area contributed by atoms with Crippen molar-refractivity contribution in [1.82, 2.24) is 19.9 Å². The number of nitriles is 1. The van der Waals surface area contributed by atoms with E-state index in [0.717, 1.165) is 31.2 Å². The van der Waals surface area contributed by atoms with Crippen molar-refractivity contribution in [3.05, 3.63) is 36.0 Å². The Hall–Kier alpha value is -2.75. The van der Waals surface area contributed by atoms with Gasteiger partial charge in [-0.1, -0.05) is 0 Å². The molecule has 2 fully saturated rings. The molecule has 2 aromatic heterocycles. The molecule has 4 rings (SSSR count). The lowest BCUT2D eigenvalue weighted by Gasteiger charge is -2.17. The first-order valence-corrected chi connectivity index (χ1v) is 7.89. The highest BCUT2D eigenvalue weighted by molar-refractivity contribution is 5.40. The number of aromatic nitrogens is 4. The third kappa shape index (κ3) is 3.06. The van der Waals surface area contributed by atoms with Crippen molar-refractivity contribution >= 4 is 11.8 Å². The van der Waals surface area contributed by atoms with Gasteiger partial charge in [0, 0.05) is 37.4 Å². The van der Waals surface area contributed by atoms with Crippen LogP contribution in [0.1, 0.15) is 36.7 Å². The third-order valence-electron chi connectivity index (χ3n) is 4.20. The Balaban J connectivity index is 1.42. The first-order valence-electron chi connectivity index (χ1n) is 7.89. The summed E-state index contributed by atoms with van der Waals surface area (Å²) in [6.07, 6.45) is 6.85. The number of nitrogens with one attached hydrogen (secondary N) is 1. The summed E-state index contributed by atoms with van der Waals surface area (Å²) in [6.45, 7) is 1.67. The summed E-state index contributed by atoms with van der Waals surface area (Å²) in [7, 11) is 0. The Bertz CT molecular complexity index is 750. The smallest absolute Gasteiger partial charge is 0.226 e. The molecule has 1 aliphatic heterocycles. The minimum absolute atomic E-state index is 0.297. The molecule has 1 atom stereocenters. The second kappa shape index (κ2) is 5.80. The first kappa shape index (κ1) is 13.9. The number of rotatable bonds is 4. The van der Waals surface area contributed by atoms with E-state index in [1.165, 1.54) is 12.8 Å². The molecule has 3 heterocycles. The van der Waals surface area contributed by atoms with Crippen molar-refractivity contribution in [2.24, 2.45) is 0 Å². The lowest BCUT2D eigenvalue weighted by Crippen LogP contribution is -2.27. The molecule has 2 aromatic rings. The van der Waals surface area contributed by atoms with E-state index in [1.54, 1.807) is 12.3 Å². The van der Waals surface area contributed by atoms with Crippen LogP contribution in [0.4, 0.5) is 11.8 Å². The standard InChI is InChI=1S/C16H17N7/c17-9-12-3-6-19-16(21-12)23-8-5-13(10-23)20-14-4-7-18-15(22-14)11-1-2-11/h3-4,6-7,11,13H,1-2,5,8,10H2,(H,18,20,22). The van der Waals surface area contributed by atoms with Gasteiger partial charge in [-0.15, -0.1) is 0 Å². The van der Waals surface area contributed by atoms with Crippen molar-refractivity contribution in [3.8, 4) is 6.07 Å². The molecule has 0 radical (unpaired) electrons. The molecule has 23 heavy (non-hydrogen) atoms. The topological polar surface area (TPSA) is 90.6 Å². The summed E-state index contributed by atoms with van der Waals surface area (Å²) < 4.78 is 0. The molecule has 1 aliphatic carbocycles. The van der Waals surface area contributed by atoms with Gasteiger partial charge in [-0.05, 0) is 31.4 Å². The summed E-state index contributed by atoms with van der Waals surface area (Å²) in [5.41, 5.74) is 0.399. The number of nitrogens with zero attached hydrogens (tertiary/aromatic N) is 6. The number of anilines is 2. The molecule has 1 N–H and O–H groups in total. The van der Waals surface area contributed by atoms with Gasteiger partial charge >= 0.3 is 0 Å². The fourth-order valence-electron chi connectivity index (χ4n) is 2.82. The van der Waals surface area contributed by atoms with Gasteiger partial charge in [-0.3, -0.25) is 0 Å². The Morgan fingerprint density at radius 2 is 2.00 bits per heavy atom. The molecular weight excluding hydrogens is 290 g/mol. The molecule has 2 aliphatic rings. The Morgan fingerprint density at radius 3 is 2.83 bits per heavy atom. The fraction of sp³-hybridized carbons (Fsp3) is 0.438. The van der Waals surface area contributed by atoms with Gasteiger partial charge in [-0.2, -0.15) is 5.26 Å². The van der Waals surface area contributed by atoms with Gasteiger partial charge in [0.15, 0.2) is 0 Å². The summed E-state index contributed by atoms with van der Waals surface area (Å²) in [5.74, 6) is 3.02. The van der Waals surface area contributed by atoms with Crippen LogP contribution in [-0.4, -0.2) is 39.1 Å². The van der Waals surface area contributed by atoms with Gasteiger partial charge in [0.05, 0.1) is 0 Å². The minimum Gasteiger partial charge on any atom is -0.365 e. The largest absolute Gasteiger partial charge is 0.365 e. The molecule has 0 aromatic carbocycles. The molecule has 0 spiro atoms. The molecular formula is C16H17N7. The maximum atomic E-state index is 8.94. The number of hydrogen-bond acceptors (Lipinski definition) is 7. The fourth-order valence-corrected chi connectivity index (χ4v) is 2.82. The average molecular weight is 307 g/mol. The summed E-state index contributed by atoms with van der Waals surface area (Å²) in [4.78, 5) is 19.6. The van der Waals surface area contributed by atoms with E-state index in [4.69, 9.17) is 5.26 Å².